The second-order valence-corrected chi connectivity index (χ2v) is 8.55. The van der Waals surface area contributed by atoms with E-state index in [2.05, 4.69) is 40.0 Å². The molecule has 0 aliphatic carbocycles. The van der Waals surface area contributed by atoms with Crippen LogP contribution in [0.2, 0.25) is 0 Å². The van der Waals surface area contributed by atoms with Crippen molar-refractivity contribution in [1.82, 2.24) is 9.99 Å². The molecule has 0 saturated heterocycles. The third-order valence-corrected chi connectivity index (χ3v) is 6.10. The van der Waals surface area contributed by atoms with E-state index < -0.39 is 0 Å². The Morgan fingerprint density at radius 2 is 2.13 bits per heavy atom. The van der Waals surface area contributed by atoms with E-state index in [0.29, 0.717) is 13.2 Å². The number of nitrogens with one attached hydrogen (secondary N) is 1. The molecule has 2 aromatic rings. The van der Waals surface area contributed by atoms with E-state index in [-0.39, 0.29) is 12.1 Å². The van der Waals surface area contributed by atoms with Crippen molar-refractivity contribution in [2.24, 2.45) is 10.1 Å². The Kier molecular flexibility index (Phi) is 6.34. The molecule has 0 bridgehead atoms. The fraction of sp³-hybridized carbons (Fsp3) is 0.455. The smallest absolute Gasteiger partial charge is 0.177 e. The molecule has 2 aliphatic rings. The van der Waals surface area contributed by atoms with Gasteiger partial charge in [0.2, 0.25) is 0 Å². The van der Waals surface area contributed by atoms with Crippen LogP contribution in [0.25, 0.3) is 0 Å². The number of aromatic nitrogens is 1. The van der Waals surface area contributed by atoms with Gasteiger partial charge in [-0.3, -0.25) is 10.4 Å². The lowest BCUT2D eigenvalue weighted by Gasteiger charge is -2.27. The quantitative estimate of drug-likeness (QED) is 0.764. The summed E-state index contributed by atoms with van der Waals surface area (Å²) in [5, 5.41) is 5.43. The van der Waals surface area contributed by atoms with Gasteiger partial charge < -0.3 is 18.8 Å². The third kappa shape index (κ3) is 4.49. The summed E-state index contributed by atoms with van der Waals surface area (Å²) in [5.74, 6) is 2.40. The zero-order chi connectivity index (χ0) is 21.1. The molecule has 1 aromatic heterocycles. The number of aryl methyl sites for hydroxylation is 1. The minimum Gasteiger partial charge on any atom is -0.486 e. The molecule has 7 nitrogen and oxygen atoms in total. The maximum Gasteiger partial charge on any atom is 0.177 e. The Morgan fingerprint density at radius 1 is 1.33 bits per heavy atom. The van der Waals surface area contributed by atoms with E-state index in [1.54, 1.807) is 18.9 Å². The van der Waals surface area contributed by atoms with Crippen molar-refractivity contribution < 1.29 is 14.2 Å². The molecule has 2 unspecified atom stereocenters. The summed E-state index contributed by atoms with van der Waals surface area (Å²) in [4.78, 5) is 4.60. The summed E-state index contributed by atoms with van der Waals surface area (Å²) < 4.78 is 19.5. The number of ether oxygens (including phenoxy) is 3. The predicted molar refractivity (Wildman–Crippen MR) is 121 cm³/mol. The van der Waals surface area contributed by atoms with Gasteiger partial charge in [0.15, 0.2) is 22.8 Å². The van der Waals surface area contributed by atoms with Crippen LogP contribution in [-0.2, 0) is 11.3 Å². The summed E-state index contributed by atoms with van der Waals surface area (Å²) in [6, 6.07) is 10.1. The first-order chi connectivity index (χ1) is 14.5. The number of hydrogen-bond acceptors (Lipinski definition) is 6. The minimum absolute atomic E-state index is 0.0284. The molecule has 8 heteroatoms. The number of hydrazone groups is 1. The number of benzene rings is 1. The number of fused-ring (bicyclic) bond motifs is 1. The first kappa shape index (κ1) is 20.8. The van der Waals surface area contributed by atoms with Gasteiger partial charge in [0.05, 0.1) is 24.9 Å². The molecule has 30 heavy (non-hydrogen) atoms. The lowest BCUT2D eigenvalue weighted by molar-refractivity contribution is 0.0778. The van der Waals surface area contributed by atoms with Crippen molar-refractivity contribution >= 4 is 22.6 Å². The molecule has 0 saturated carbocycles. The van der Waals surface area contributed by atoms with Crippen LogP contribution in [0.4, 0.5) is 0 Å². The van der Waals surface area contributed by atoms with E-state index in [4.69, 9.17) is 14.2 Å². The van der Waals surface area contributed by atoms with Gasteiger partial charge in [0.25, 0.3) is 0 Å². The molecule has 4 rings (SSSR count). The Labute approximate surface area is 181 Å². The predicted octanol–water partition coefficient (Wildman–Crippen LogP) is 3.38. The molecule has 0 fully saturated rings. The van der Waals surface area contributed by atoms with Crippen molar-refractivity contribution in [3.63, 3.8) is 0 Å². The molecule has 0 amide bonds. The zero-order valence-electron chi connectivity index (χ0n) is 17.8. The van der Waals surface area contributed by atoms with Crippen molar-refractivity contribution in [2.75, 3.05) is 26.1 Å². The number of nitrogens with zero attached hydrogens (tertiary/aromatic N) is 3. The SMILES string of the molecule is COCC(C)N=C1NN=C(c2cc(C)n(CC3COc4ccccc4O3)c2C)CS1. The van der Waals surface area contributed by atoms with Gasteiger partial charge in [0, 0.05) is 29.8 Å². The Bertz CT molecular complexity index is 969. The van der Waals surface area contributed by atoms with Crippen LogP contribution in [0.5, 0.6) is 11.5 Å². The summed E-state index contributed by atoms with van der Waals surface area (Å²) in [6.07, 6.45) is -0.0284. The van der Waals surface area contributed by atoms with Crippen LogP contribution < -0.4 is 14.9 Å². The zero-order valence-corrected chi connectivity index (χ0v) is 18.7. The number of para-hydroxylation sites is 2. The fourth-order valence-electron chi connectivity index (χ4n) is 3.73. The number of amidine groups is 1. The summed E-state index contributed by atoms with van der Waals surface area (Å²) >= 11 is 1.67. The monoisotopic (exact) mass is 428 g/mol. The van der Waals surface area contributed by atoms with Gasteiger partial charge in [-0.15, -0.1) is 0 Å². The average molecular weight is 429 g/mol. The normalized spacial score (nSPS) is 20.6. The van der Waals surface area contributed by atoms with Crippen LogP contribution in [0.1, 0.15) is 23.9 Å². The topological polar surface area (TPSA) is 69.4 Å². The lowest BCUT2D eigenvalue weighted by atomic mass is 10.1. The number of rotatable bonds is 6. The molecule has 2 atom stereocenters. The van der Waals surface area contributed by atoms with Crippen molar-refractivity contribution in [3.8, 4) is 11.5 Å². The second kappa shape index (κ2) is 9.14. The van der Waals surface area contributed by atoms with Gasteiger partial charge >= 0.3 is 0 Å². The van der Waals surface area contributed by atoms with Crippen LogP contribution in [0.3, 0.4) is 0 Å². The maximum absolute atomic E-state index is 6.15. The molecule has 0 spiro atoms. The molecular weight excluding hydrogens is 400 g/mol. The average Bonchev–Trinajstić information content (AvgIpc) is 3.03. The van der Waals surface area contributed by atoms with Gasteiger partial charge in [-0.2, -0.15) is 5.10 Å². The van der Waals surface area contributed by atoms with Gasteiger partial charge in [0.1, 0.15) is 6.61 Å². The van der Waals surface area contributed by atoms with Crippen LogP contribution in [0.15, 0.2) is 40.4 Å². The highest BCUT2D eigenvalue weighted by molar-refractivity contribution is 8.14. The molecule has 2 aliphatic heterocycles. The summed E-state index contributed by atoms with van der Waals surface area (Å²) in [7, 11) is 1.69. The van der Waals surface area contributed by atoms with Gasteiger partial charge in [-0.05, 0) is 39.0 Å². The van der Waals surface area contributed by atoms with Crippen LogP contribution >= 0.6 is 11.8 Å². The van der Waals surface area contributed by atoms with E-state index in [9.17, 15) is 0 Å². The molecule has 3 heterocycles. The summed E-state index contributed by atoms with van der Waals surface area (Å²) in [5.41, 5.74) is 7.66. The first-order valence-electron chi connectivity index (χ1n) is 10.1. The first-order valence-corrected chi connectivity index (χ1v) is 11.1. The molecular formula is C22H28N4O3S. The number of methoxy groups -OCH3 is 1. The lowest BCUT2D eigenvalue weighted by Crippen LogP contribution is -2.33. The molecule has 1 N–H and O–H groups in total. The summed E-state index contributed by atoms with van der Waals surface area (Å²) in [6.45, 7) is 8.17. The van der Waals surface area contributed by atoms with Crippen LogP contribution in [-0.4, -0.2) is 53.7 Å². The Hall–Kier alpha value is -2.45. The number of hydrogen-bond donors (Lipinski definition) is 1. The second-order valence-electron chi connectivity index (χ2n) is 7.59. The molecule has 1 aromatic carbocycles. The van der Waals surface area contributed by atoms with Gasteiger partial charge in [-0.1, -0.05) is 23.9 Å². The fourth-order valence-corrected chi connectivity index (χ4v) is 4.59. The number of thioether (sulfide) groups is 1. The van der Waals surface area contributed by atoms with Crippen LogP contribution in [0, 0.1) is 13.8 Å². The van der Waals surface area contributed by atoms with E-state index >= 15 is 0 Å². The molecule has 0 radical (unpaired) electrons. The minimum atomic E-state index is -0.0284. The highest BCUT2D eigenvalue weighted by Gasteiger charge is 2.24. The largest absolute Gasteiger partial charge is 0.486 e. The van der Waals surface area contributed by atoms with Crippen molar-refractivity contribution in [3.05, 3.63) is 47.3 Å². The highest BCUT2D eigenvalue weighted by atomic mass is 32.2. The Balaban J connectivity index is 1.46. The van der Waals surface area contributed by atoms with E-state index in [1.807, 2.05) is 31.2 Å². The van der Waals surface area contributed by atoms with Gasteiger partial charge in [-0.25, -0.2) is 0 Å². The van der Waals surface area contributed by atoms with Crippen molar-refractivity contribution in [1.29, 1.82) is 0 Å². The third-order valence-electron chi connectivity index (χ3n) is 5.22. The van der Waals surface area contributed by atoms with E-state index in [0.717, 1.165) is 40.2 Å². The number of aliphatic imine (C=N–C) groups is 1. The standard InChI is InChI=1S/C22H28N4O3S/c1-14(11-27-4)23-22-25-24-19(13-30-22)18-9-15(2)26(16(18)3)10-17-12-28-20-7-5-6-8-21(20)29-17/h5-9,14,17H,10-13H2,1-4H3,(H,23,25). The highest BCUT2D eigenvalue weighted by Crippen LogP contribution is 2.31. The Morgan fingerprint density at radius 3 is 2.87 bits per heavy atom. The maximum atomic E-state index is 6.15. The van der Waals surface area contributed by atoms with E-state index in [1.165, 1.54) is 11.4 Å². The van der Waals surface area contributed by atoms with Crippen molar-refractivity contribution in [2.45, 2.75) is 39.5 Å². The molecule has 160 valence electrons.